The lowest BCUT2D eigenvalue weighted by Gasteiger charge is -2.41. The maximum atomic E-state index is 5.81. The van der Waals surface area contributed by atoms with Gasteiger partial charge in [0.1, 0.15) is 0 Å². The second-order valence-corrected chi connectivity index (χ2v) is 6.95. The van der Waals surface area contributed by atoms with Crippen molar-refractivity contribution in [2.45, 2.75) is 31.7 Å². The molecule has 4 heterocycles. The fourth-order valence-corrected chi connectivity index (χ4v) is 4.30. The SMILES string of the molecule is CO[C@H]1CCN(Cc2ccoc2)[C@@H]2CN(Cc3ccncc3)C[C@H]12. The number of methoxy groups -OCH3 is 1. The molecule has 2 aliphatic rings. The zero-order valence-corrected chi connectivity index (χ0v) is 14.2. The van der Waals surface area contributed by atoms with E-state index in [4.69, 9.17) is 9.15 Å². The molecule has 5 nitrogen and oxygen atoms in total. The fraction of sp³-hybridized carbons (Fsp3) is 0.526. The lowest BCUT2D eigenvalue weighted by atomic mass is 9.89. The molecule has 0 aromatic carbocycles. The molecule has 2 fully saturated rings. The predicted molar refractivity (Wildman–Crippen MR) is 91.3 cm³/mol. The van der Waals surface area contributed by atoms with Gasteiger partial charge in [-0.1, -0.05) is 0 Å². The van der Waals surface area contributed by atoms with Gasteiger partial charge in [-0.2, -0.15) is 0 Å². The Morgan fingerprint density at radius 3 is 2.79 bits per heavy atom. The highest BCUT2D eigenvalue weighted by Crippen LogP contribution is 2.34. The van der Waals surface area contributed by atoms with Crippen LogP contribution in [-0.4, -0.2) is 53.7 Å². The van der Waals surface area contributed by atoms with Gasteiger partial charge in [0.15, 0.2) is 0 Å². The minimum Gasteiger partial charge on any atom is -0.472 e. The zero-order chi connectivity index (χ0) is 16.4. The van der Waals surface area contributed by atoms with Crippen molar-refractivity contribution in [3.8, 4) is 0 Å². The Labute approximate surface area is 143 Å². The van der Waals surface area contributed by atoms with Crippen LogP contribution in [0.25, 0.3) is 0 Å². The summed E-state index contributed by atoms with van der Waals surface area (Å²) in [7, 11) is 1.86. The van der Waals surface area contributed by atoms with Crippen LogP contribution in [-0.2, 0) is 17.8 Å². The van der Waals surface area contributed by atoms with E-state index >= 15 is 0 Å². The summed E-state index contributed by atoms with van der Waals surface area (Å²) in [4.78, 5) is 9.28. The number of furan rings is 1. The summed E-state index contributed by atoms with van der Waals surface area (Å²) < 4.78 is 11.0. The molecule has 0 aliphatic carbocycles. The third kappa shape index (κ3) is 3.24. The molecule has 2 saturated heterocycles. The molecule has 4 rings (SSSR count). The minimum atomic E-state index is 0.373. The molecule has 2 aromatic heterocycles. The summed E-state index contributed by atoms with van der Waals surface area (Å²) in [6, 6.07) is 6.85. The second kappa shape index (κ2) is 7.05. The smallest absolute Gasteiger partial charge is 0.0947 e. The fourth-order valence-electron chi connectivity index (χ4n) is 4.30. The van der Waals surface area contributed by atoms with Crippen LogP contribution in [0.15, 0.2) is 47.5 Å². The van der Waals surface area contributed by atoms with Crippen molar-refractivity contribution in [2.75, 3.05) is 26.7 Å². The number of piperidine rings is 1. The van der Waals surface area contributed by atoms with Gasteiger partial charge in [-0.3, -0.25) is 14.8 Å². The standard InChI is InChI=1S/C19H25N3O2/c1-23-19-4-8-22(11-16-5-9-24-14-16)18-13-21(12-17(18)19)10-15-2-6-20-7-3-15/h2-3,5-7,9,14,17-19H,4,8,10-13H2,1H3/t17-,18+,19-/m0/s1. The molecule has 24 heavy (non-hydrogen) atoms. The molecule has 2 aromatic rings. The van der Waals surface area contributed by atoms with E-state index in [2.05, 4.69) is 33.0 Å². The molecule has 0 N–H and O–H groups in total. The van der Waals surface area contributed by atoms with Gasteiger partial charge in [-0.15, -0.1) is 0 Å². The van der Waals surface area contributed by atoms with Gasteiger partial charge in [0.05, 0.1) is 18.6 Å². The number of ether oxygens (including phenoxy) is 1. The van der Waals surface area contributed by atoms with Crippen molar-refractivity contribution in [1.82, 2.24) is 14.8 Å². The van der Waals surface area contributed by atoms with E-state index in [9.17, 15) is 0 Å². The maximum absolute atomic E-state index is 5.81. The van der Waals surface area contributed by atoms with Crippen molar-refractivity contribution in [3.05, 3.63) is 54.2 Å². The summed E-state index contributed by atoms with van der Waals surface area (Å²) in [5.41, 5.74) is 2.59. The van der Waals surface area contributed by atoms with Crippen molar-refractivity contribution >= 4 is 0 Å². The number of likely N-dealkylation sites (tertiary alicyclic amines) is 2. The second-order valence-electron chi connectivity index (χ2n) is 6.95. The van der Waals surface area contributed by atoms with Gasteiger partial charge in [0.2, 0.25) is 0 Å². The van der Waals surface area contributed by atoms with Gasteiger partial charge in [0, 0.05) is 69.8 Å². The first kappa shape index (κ1) is 15.8. The van der Waals surface area contributed by atoms with Gasteiger partial charge in [-0.25, -0.2) is 0 Å². The van der Waals surface area contributed by atoms with E-state index in [0.29, 0.717) is 18.1 Å². The highest BCUT2D eigenvalue weighted by Gasteiger charge is 2.44. The number of pyridine rings is 1. The molecule has 128 valence electrons. The van der Waals surface area contributed by atoms with E-state index in [1.165, 1.54) is 11.1 Å². The lowest BCUT2D eigenvalue weighted by Crippen LogP contribution is -2.50. The van der Waals surface area contributed by atoms with Crippen molar-refractivity contribution in [1.29, 1.82) is 0 Å². The highest BCUT2D eigenvalue weighted by molar-refractivity contribution is 5.12. The molecule has 5 heteroatoms. The van der Waals surface area contributed by atoms with Crippen LogP contribution in [0, 0.1) is 5.92 Å². The van der Waals surface area contributed by atoms with E-state index in [1.54, 1.807) is 6.26 Å². The van der Waals surface area contributed by atoms with Gasteiger partial charge in [0.25, 0.3) is 0 Å². The third-order valence-electron chi connectivity index (χ3n) is 5.48. The number of nitrogens with zero attached hydrogens (tertiary/aromatic N) is 3. The number of rotatable bonds is 5. The number of fused-ring (bicyclic) bond motifs is 1. The van der Waals surface area contributed by atoms with Gasteiger partial charge < -0.3 is 9.15 Å². The quantitative estimate of drug-likeness (QED) is 0.843. The van der Waals surface area contributed by atoms with E-state index in [-0.39, 0.29) is 0 Å². The van der Waals surface area contributed by atoms with E-state index in [1.807, 2.05) is 25.8 Å². The molecule has 0 amide bonds. The van der Waals surface area contributed by atoms with Crippen molar-refractivity contribution < 1.29 is 9.15 Å². The third-order valence-corrected chi connectivity index (χ3v) is 5.48. The Balaban J connectivity index is 1.47. The first-order chi connectivity index (χ1) is 11.8. The lowest BCUT2D eigenvalue weighted by molar-refractivity contribution is -0.0245. The molecule has 0 bridgehead atoms. The van der Waals surface area contributed by atoms with Crippen LogP contribution in [0.5, 0.6) is 0 Å². The van der Waals surface area contributed by atoms with Gasteiger partial charge in [-0.05, 0) is 30.2 Å². The van der Waals surface area contributed by atoms with Crippen LogP contribution < -0.4 is 0 Å². The zero-order valence-electron chi connectivity index (χ0n) is 14.2. The molecule has 0 spiro atoms. The molecule has 0 unspecified atom stereocenters. The van der Waals surface area contributed by atoms with Gasteiger partial charge >= 0.3 is 0 Å². The van der Waals surface area contributed by atoms with Crippen LogP contribution in [0.4, 0.5) is 0 Å². The number of aromatic nitrogens is 1. The molecule has 0 saturated carbocycles. The highest BCUT2D eigenvalue weighted by atomic mass is 16.5. The summed E-state index contributed by atoms with van der Waals surface area (Å²) in [6.45, 7) is 5.26. The first-order valence-electron chi connectivity index (χ1n) is 8.72. The average molecular weight is 327 g/mol. The Morgan fingerprint density at radius 1 is 1.17 bits per heavy atom. The molecule has 3 atom stereocenters. The van der Waals surface area contributed by atoms with Crippen LogP contribution in [0.3, 0.4) is 0 Å². The van der Waals surface area contributed by atoms with Crippen LogP contribution >= 0.6 is 0 Å². The summed E-state index contributed by atoms with van der Waals surface area (Å²) in [5.74, 6) is 0.581. The Bertz CT molecular complexity index is 631. The van der Waals surface area contributed by atoms with Crippen molar-refractivity contribution in [3.63, 3.8) is 0 Å². The largest absolute Gasteiger partial charge is 0.472 e. The topological polar surface area (TPSA) is 41.7 Å². The van der Waals surface area contributed by atoms with E-state index < -0.39 is 0 Å². The van der Waals surface area contributed by atoms with Crippen LogP contribution in [0.1, 0.15) is 17.5 Å². The predicted octanol–water partition coefficient (Wildman–Crippen LogP) is 2.40. The molecule has 0 radical (unpaired) electrons. The summed E-state index contributed by atoms with van der Waals surface area (Å²) in [5, 5.41) is 0. The molecular weight excluding hydrogens is 302 g/mol. The average Bonchev–Trinajstić information content (AvgIpc) is 3.26. The van der Waals surface area contributed by atoms with E-state index in [0.717, 1.165) is 39.1 Å². The Morgan fingerprint density at radius 2 is 2.04 bits per heavy atom. The summed E-state index contributed by atoms with van der Waals surface area (Å²) in [6.07, 6.45) is 8.86. The number of hydrogen-bond donors (Lipinski definition) is 0. The maximum Gasteiger partial charge on any atom is 0.0947 e. The first-order valence-corrected chi connectivity index (χ1v) is 8.72. The van der Waals surface area contributed by atoms with Crippen LogP contribution in [0.2, 0.25) is 0 Å². The normalized spacial score (nSPS) is 28.1. The minimum absolute atomic E-state index is 0.373. The monoisotopic (exact) mass is 327 g/mol. The number of hydrogen-bond acceptors (Lipinski definition) is 5. The summed E-state index contributed by atoms with van der Waals surface area (Å²) >= 11 is 0. The molecular formula is C19H25N3O2. The van der Waals surface area contributed by atoms with Crippen molar-refractivity contribution in [2.24, 2.45) is 5.92 Å². The molecule has 2 aliphatic heterocycles. The Hall–Kier alpha value is -1.69. The Kier molecular flexibility index (Phi) is 4.65.